The van der Waals surface area contributed by atoms with Crippen molar-refractivity contribution >= 4 is 17.5 Å². The lowest BCUT2D eigenvalue weighted by atomic mass is 9.82. The highest BCUT2D eigenvalue weighted by Gasteiger charge is 2.27. The quantitative estimate of drug-likeness (QED) is 0.673. The molecule has 0 unspecified atom stereocenters. The number of carbonyl (C=O) groups is 1. The van der Waals surface area contributed by atoms with Crippen LogP contribution in [-0.4, -0.2) is 53.7 Å². The molecule has 1 amide bonds. The summed E-state index contributed by atoms with van der Waals surface area (Å²) in [5.41, 5.74) is 2.67. The summed E-state index contributed by atoms with van der Waals surface area (Å²) in [4.78, 5) is 25.7. The lowest BCUT2D eigenvalue weighted by Crippen LogP contribution is -2.37. The zero-order valence-electron chi connectivity index (χ0n) is 17.5. The molecule has 1 atom stereocenters. The van der Waals surface area contributed by atoms with E-state index in [1.54, 1.807) is 12.4 Å². The average Bonchev–Trinajstić information content (AvgIpc) is 2.79. The lowest BCUT2D eigenvalue weighted by molar-refractivity contribution is -0.120. The highest BCUT2D eigenvalue weighted by molar-refractivity contribution is 5.91. The second-order valence-electron chi connectivity index (χ2n) is 8.50. The van der Waals surface area contributed by atoms with Crippen molar-refractivity contribution in [2.45, 2.75) is 32.6 Å². The molecular weight excluding hydrogens is 380 g/mol. The predicted octanol–water partition coefficient (Wildman–Crippen LogP) is 2.71. The van der Waals surface area contributed by atoms with Crippen molar-refractivity contribution in [3.05, 3.63) is 30.6 Å². The van der Waals surface area contributed by atoms with E-state index in [1.807, 2.05) is 18.2 Å². The molecule has 3 N–H and O–H groups in total. The molecule has 2 fully saturated rings. The molecule has 8 heteroatoms. The van der Waals surface area contributed by atoms with Crippen LogP contribution in [0, 0.1) is 11.3 Å². The summed E-state index contributed by atoms with van der Waals surface area (Å²) >= 11 is 0. The fraction of sp³-hybridized carbons (Fsp3) is 0.545. The fourth-order valence-corrected chi connectivity index (χ4v) is 3.89. The van der Waals surface area contributed by atoms with Crippen molar-refractivity contribution in [1.82, 2.24) is 20.3 Å². The third-order valence-corrected chi connectivity index (χ3v) is 6.00. The minimum Gasteiger partial charge on any atom is -0.384 e. The van der Waals surface area contributed by atoms with Crippen LogP contribution in [0.3, 0.4) is 0 Å². The Morgan fingerprint density at radius 2 is 2.07 bits per heavy atom. The van der Waals surface area contributed by atoms with Gasteiger partial charge in [-0.25, -0.2) is 9.97 Å². The van der Waals surface area contributed by atoms with Gasteiger partial charge in [0.15, 0.2) is 0 Å². The van der Waals surface area contributed by atoms with Gasteiger partial charge >= 0.3 is 0 Å². The molecule has 8 nitrogen and oxygen atoms in total. The first-order valence-electron chi connectivity index (χ1n) is 10.7. The van der Waals surface area contributed by atoms with E-state index in [9.17, 15) is 4.79 Å². The maximum Gasteiger partial charge on any atom is 0.231 e. The molecule has 2 aliphatic heterocycles. The van der Waals surface area contributed by atoms with Crippen LogP contribution in [0.5, 0.6) is 0 Å². The second kappa shape index (κ2) is 9.49. The number of amides is 1. The standard InChI is InChI=1S/C22H30N6O2/c1-22(6-11-30-12-7-22)15-26-17-4-9-24-19(13-17)18-5-10-25-21(27-18)28-20(29)16-3-2-8-23-14-16/h4-5,9-10,13,16,23H,2-3,6-8,11-12,14-15H2,1H3,(H,24,26)(H,25,27,28,29)/t16-/m1/s1. The monoisotopic (exact) mass is 410 g/mol. The molecule has 4 heterocycles. The number of anilines is 2. The van der Waals surface area contributed by atoms with E-state index in [2.05, 4.69) is 37.8 Å². The van der Waals surface area contributed by atoms with Crippen molar-refractivity contribution in [3.63, 3.8) is 0 Å². The van der Waals surface area contributed by atoms with E-state index >= 15 is 0 Å². The number of rotatable bonds is 6. The fourth-order valence-electron chi connectivity index (χ4n) is 3.89. The van der Waals surface area contributed by atoms with E-state index in [-0.39, 0.29) is 17.2 Å². The van der Waals surface area contributed by atoms with Crippen LogP contribution in [0.25, 0.3) is 11.4 Å². The Kier molecular flexibility index (Phi) is 6.54. The van der Waals surface area contributed by atoms with Gasteiger partial charge in [0.25, 0.3) is 0 Å². The summed E-state index contributed by atoms with van der Waals surface area (Å²) in [7, 11) is 0. The average molecular weight is 411 g/mol. The summed E-state index contributed by atoms with van der Waals surface area (Å²) in [5, 5.41) is 9.65. The van der Waals surface area contributed by atoms with E-state index in [0.29, 0.717) is 18.2 Å². The van der Waals surface area contributed by atoms with E-state index in [1.165, 1.54) is 0 Å². The van der Waals surface area contributed by atoms with Gasteiger partial charge < -0.3 is 15.4 Å². The first-order chi connectivity index (χ1) is 14.6. The zero-order valence-corrected chi connectivity index (χ0v) is 17.5. The van der Waals surface area contributed by atoms with Crippen LogP contribution in [0.15, 0.2) is 30.6 Å². The third-order valence-electron chi connectivity index (χ3n) is 6.00. The minimum atomic E-state index is -0.0387. The summed E-state index contributed by atoms with van der Waals surface area (Å²) in [6, 6.07) is 5.76. The molecule has 0 saturated carbocycles. The summed E-state index contributed by atoms with van der Waals surface area (Å²) in [6.45, 7) is 6.51. The normalized spacial score (nSPS) is 21.0. The van der Waals surface area contributed by atoms with Crippen LogP contribution in [-0.2, 0) is 9.53 Å². The van der Waals surface area contributed by atoms with Crippen molar-refractivity contribution in [2.24, 2.45) is 11.3 Å². The summed E-state index contributed by atoms with van der Waals surface area (Å²) < 4.78 is 5.49. The number of nitrogens with one attached hydrogen (secondary N) is 3. The Hall–Kier alpha value is -2.58. The molecule has 4 rings (SSSR count). The highest BCUT2D eigenvalue weighted by Crippen LogP contribution is 2.30. The van der Waals surface area contributed by atoms with Gasteiger partial charge in [-0.3, -0.25) is 15.1 Å². The Labute approximate surface area is 177 Å². The van der Waals surface area contributed by atoms with Gasteiger partial charge in [-0.1, -0.05) is 6.92 Å². The molecule has 2 aromatic heterocycles. The zero-order chi connectivity index (χ0) is 20.8. The molecule has 0 aliphatic carbocycles. The number of hydrogen-bond donors (Lipinski definition) is 3. The molecule has 2 aromatic rings. The molecule has 0 bridgehead atoms. The van der Waals surface area contributed by atoms with Crippen molar-refractivity contribution < 1.29 is 9.53 Å². The largest absolute Gasteiger partial charge is 0.384 e. The second-order valence-corrected chi connectivity index (χ2v) is 8.50. The number of hydrogen-bond acceptors (Lipinski definition) is 7. The topological polar surface area (TPSA) is 101 Å². The molecular formula is C22H30N6O2. The molecule has 2 saturated heterocycles. The van der Waals surface area contributed by atoms with Gasteiger partial charge in [-0.05, 0) is 55.8 Å². The predicted molar refractivity (Wildman–Crippen MR) is 116 cm³/mol. The van der Waals surface area contributed by atoms with Crippen molar-refractivity contribution in [1.29, 1.82) is 0 Å². The van der Waals surface area contributed by atoms with Gasteiger partial charge in [-0.15, -0.1) is 0 Å². The van der Waals surface area contributed by atoms with E-state index in [4.69, 9.17) is 4.74 Å². The van der Waals surface area contributed by atoms with Crippen molar-refractivity contribution in [3.8, 4) is 11.4 Å². The Morgan fingerprint density at radius 1 is 1.23 bits per heavy atom. The number of nitrogens with zero attached hydrogens (tertiary/aromatic N) is 3. The SMILES string of the molecule is CC1(CNc2ccnc(-c3ccnc(NC(=O)[C@@H]4CCCNC4)n3)c2)CCOCC1. The maximum absolute atomic E-state index is 12.5. The van der Waals surface area contributed by atoms with Gasteiger partial charge in [0.2, 0.25) is 11.9 Å². The summed E-state index contributed by atoms with van der Waals surface area (Å²) in [5.74, 6) is 0.244. The molecule has 30 heavy (non-hydrogen) atoms. The Morgan fingerprint density at radius 3 is 2.87 bits per heavy atom. The Bertz CT molecular complexity index is 862. The van der Waals surface area contributed by atoms with Gasteiger partial charge in [0.1, 0.15) is 0 Å². The van der Waals surface area contributed by atoms with Crippen molar-refractivity contribution in [2.75, 3.05) is 43.5 Å². The summed E-state index contributed by atoms with van der Waals surface area (Å²) in [6.07, 6.45) is 7.44. The number of carbonyl (C=O) groups excluding carboxylic acids is 1. The number of aromatic nitrogens is 3. The number of ether oxygens (including phenoxy) is 1. The van der Waals surface area contributed by atoms with Crippen LogP contribution >= 0.6 is 0 Å². The smallest absolute Gasteiger partial charge is 0.231 e. The van der Waals surface area contributed by atoms with E-state index in [0.717, 1.165) is 63.4 Å². The molecule has 0 aromatic carbocycles. The first kappa shape index (κ1) is 20.7. The number of pyridine rings is 1. The highest BCUT2D eigenvalue weighted by atomic mass is 16.5. The lowest BCUT2D eigenvalue weighted by Gasteiger charge is -2.33. The van der Waals surface area contributed by atoms with Crippen LogP contribution in [0.4, 0.5) is 11.6 Å². The van der Waals surface area contributed by atoms with E-state index < -0.39 is 0 Å². The number of piperidine rings is 1. The first-order valence-corrected chi connectivity index (χ1v) is 10.7. The molecule has 0 radical (unpaired) electrons. The van der Waals surface area contributed by atoms with Crippen LogP contribution in [0.1, 0.15) is 32.6 Å². The van der Waals surface area contributed by atoms with Gasteiger partial charge in [0, 0.05) is 44.4 Å². The Balaban J connectivity index is 1.41. The van der Waals surface area contributed by atoms with Gasteiger partial charge in [-0.2, -0.15) is 0 Å². The van der Waals surface area contributed by atoms with Crippen LogP contribution < -0.4 is 16.0 Å². The molecule has 0 spiro atoms. The molecule has 160 valence electrons. The molecule has 2 aliphatic rings. The minimum absolute atomic E-state index is 0.0348. The third kappa shape index (κ3) is 5.31. The van der Waals surface area contributed by atoms with Crippen LogP contribution in [0.2, 0.25) is 0 Å². The van der Waals surface area contributed by atoms with Gasteiger partial charge in [0.05, 0.1) is 17.3 Å². The maximum atomic E-state index is 12.5.